The van der Waals surface area contributed by atoms with Crippen LogP contribution in [0.2, 0.25) is 0 Å². The van der Waals surface area contributed by atoms with Gasteiger partial charge >= 0.3 is 0 Å². The molecule has 0 saturated carbocycles. The van der Waals surface area contributed by atoms with Gasteiger partial charge < -0.3 is 10.1 Å². The van der Waals surface area contributed by atoms with Crippen LogP contribution in [0.1, 0.15) is 25.3 Å². The first-order valence-electron chi connectivity index (χ1n) is 9.36. The molecule has 1 amide bonds. The van der Waals surface area contributed by atoms with Crippen LogP contribution < -0.4 is 14.8 Å². The Labute approximate surface area is 189 Å². The number of halogens is 1. The molecule has 2 N–H and O–H groups in total. The van der Waals surface area contributed by atoms with E-state index in [2.05, 4.69) is 49.8 Å². The molecule has 0 bridgehead atoms. The van der Waals surface area contributed by atoms with Crippen LogP contribution >= 0.6 is 15.9 Å². The number of rotatable bonds is 8. The van der Waals surface area contributed by atoms with E-state index in [0.717, 1.165) is 10.0 Å². The van der Waals surface area contributed by atoms with Crippen molar-refractivity contribution in [2.45, 2.75) is 24.7 Å². The zero-order valence-corrected chi connectivity index (χ0v) is 19.3. The molecule has 0 atom stereocenters. The van der Waals surface area contributed by atoms with E-state index in [-0.39, 0.29) is 23.4 Å². The van der Waals surface area contributed by atoms with Crippen molar-refractivity contribution >= 4 is 43.5 Å². The van der Waals surface area contributed by atoms with Gasteiger partial charge in [-0.25, -0.2) is 23.1 Å². The summed E-state index contributed by atoms with van der Waals surface area (Å²) in [5, 5.41) is 2.67. The number of amides is 1. The second-order valence-electron chi connectivity index (χ2n) is 6.88. The van der Waals surface area contributed by atoms with E-state index < -0.39 is 10.0 Å². The van der Waals surface area contributed by atoms with Gasteiger partial charge in [-0.3, -0.25) is 4.79 Å². The predicted molar refractivity (Wildman–Crippen MR) is 122 cm³/mol. The Bertz CT molecular complexity index is 1150. The Kier molecular flexibility index (Phi) is 7.24. The molecule has 31 heavy (non-hydrogen) atoms. The molecule has 3 rings (SSSR count). The summed E-state index contributed by atoms with van der Waals surface area (Å²) in [6.45, 7) is 4.00. The number of anilines is 2. The van der Waals surface area contributed by atoms with Crippen molar-refractivity contribution in [1.82, 2.24) is 9.97 Å². The van der Waals surface area contributed by atoms with E-state index >= 15 is 0 Å². The minimum Gasteiger partial charge on any atom is -0.483 e. The molecule has 0 unspecified atom stereocenters. The number of benzene rings is 2. The molecule has 0 spiro atoms. The van der Waals surface area contributed by atoms with E-state index in [1.54, 1.807) is 6.07 Å². The third kappa shape index (κ3) is 6.25. The molecule has 0 radical (unpaired) electrons. The van der Waals surface area contributed by atoms with Gasteiger partial charge in [-0.2, -0.15) is 0 Å². The van der Waals surface area contributed by atoms with Gasteiger partial charge in [0.2, 0.25) is 5.95 Å². The fraction of sp³-hybridized carbons (Fsp3) is 0.190. The molecule has 1 aromatic heterocycles. The van der Waals surface area contributed by atoms with Crippen molar-refractivity contribution < 1.29 is 17.9 Å². The highest BCUT2D eigenvalue weighted by Crippen LogP contribution is 2.29. The maximum atomic E-state index is 12.4. The normalized spacial score (nSPS) is 11.2. The molecule has 3 aromatic rings. The number of ether oxygens (including phenoxy) is 1. The molecule has 1 heterocycles. The summed E-state index contributed by atoms with van der Waals surface area (Å²) in [6.07, 6.45) is 2.87. The summed E-state index contributed by atoms with van der Waals surface area (Å²) in [5.41, 5.74) is 1.60. The number of nitrogens with zero attached hydrogens (tertiary/aromatic N) is 2. The van der Waals surface area contributed by atoms with Crippen LogP contribution in [-0.4, -0.2) is 30.9 Å². The lowest BCUT2D eigenvalue weighted by Gasteiger charge is -2.12. The van der Waals surface area contributed by atoms with Gasteiger partial charge in [0.25, 0.3) is 15.9 Å². The van der Waals surface area contributed by atoms with Crippen LogP contribution in [0.15, 0.2) is 70.3 Å². The SMILES string of the molecule is CC(C)c1ccc(OCC(=O)Nc2ccc(S(=O)(=O)Nc3ncccn3)cc2)c(Br)c1. The zero-order chi connectivity index (χ0) is 22.4. The summed E-state index contributed by atoms with van der Waals surface area (Å²) in [6, 6.07) is 13.1. The van der Waals surface area contributed by atoms with Crippen molar-refractivity contribution in [3.63, 3.8) is 0 Å². The van der Waals surface area contributed by atoms with Crippen LogP contribution in [0.5, 0.6) is 5.75 Å². The van der Waals surface area contributed by atoms with Crippen molar-refractivity contribution in [3.05, 3.63) is 71.0 Å². The second kappa shape index (κ2) is 9.88. The minimum atomic E-state index is -3.84. The Morgan fingerprint density at radius 3 is 2.39 bits per heavy atom. The van der Waals surface area contributed by atoms with Crippen LogP contribution in [0, 0.1) is 0 Å². The number of hydrogen-bond donors (Lipinski definition) is 2. The maximum Gasteiger partial charge on any atom is 0.264 e. The monoisotopic (exact) mass is 504 g/mol. The van der Waals surface area contributed by atoms with Gasteiger partial charge in [-0.15, -0.1) is 0 Å². The first-order chi connectivity index (χ1) is 14.7. The van der Waals surface area contributed by atoms with Gasteiger partial charge in [-0.1, -0.05) is 19.9 Å². The van der Waals surface area contributed by atoms with Gasteiger partial charge in [0.1, 0.15) is 5.75 Å². The van der Waals surface area contributed by atoms with Crippen LogP contribution in [0.25, 0.3) is 0 Å². The Morgan fingerprint density at radius 1 is 1.10 bits per heavy atom. The molecule has 162 valence electrons. The molecule has 0 fully saturated rings. The lowest BCUT2D eigenvalue weighted by atomic mass is 10.0. The van der Waals surface area contributed by atoms with E-state index in [9.17, 15) is 13.2 Å². The van der Waals surface area contributed by atoms with Crippen LogP contribution in [-0.2, 0) is 14.8 Å². The zero-order valence-electron chi connectivity index (χ0n) is 16.9. The molecule has 0 aliphatic rings. The van der Waals surface area contributed by atoms with E-state index in [1.807, 2.05) is 18.2 Å². The number of hydrogen-bond acceptors (Lipinski definition) is 6. The average molecular weight is 505 g/mol. The van der Waals surface area contributed by atoms with Crippen LogP contribution in [0.3, 0.4) is 0 Å². The quantitative estimate of drug-likeness (QED) is 0.475. The summed E-state index contributed by atoms with van der Waals surface area (Å²) in [5.74, 6) is 0.557. The first-order valence-corrected chi connectivity index (χ1v) is 11.6. The summed E-state index contributed by atoms with van der Waals surface area (Å²) < 4.78 is 33.4. The van der Waals surface area contributed by atoms with Crippen molar-refractivity contribution in [2.24, 2.45) is 0 Å². The molecule has 0 aliphatic carbocycles. The predicted octanol–water partition coefficient (Wildman–Crippen LogP) is 4.18. The van der Waals surface area contributed by atoms with Gasteiger partial charge in [0, 0.05) is 18.1 Å². The van der Waals surface area contributed by atoms with E-state index in [4.69, 9.17) is 4.74 Å². The largest absolute Gasteiger partial charge is 0.483 e. The van der Waals surface area contributed by atoms with Crippen molar-refractivity contribution in [1.29, 1.82) is 0 Å². The Hall–Kier alpha value is -2.98. The fourth-order valence-corrected chi connectivity index (χ4v) is 4.05. The van der Waals surface area contributed by atoms with Gasteiger partial charge in [-0.05, 0) is 69.9 Å². The van der Waals surface area contributed by atoms with Gasteiger partial charge in [0.15, 0.2) is 6.61 Å². The number of nitrogens with one attached hydrogen (secondary N) is 2. The van der Waals surface area contributed by atoms with Gasteiger partial charge in [0.05, 0.1) is 9.37 Å². The fourth-order valence-electron chi connectivity index (χ4n) is 2.58. The number of carbonyl (C=O) groups is 1. The number of aromatic nitrogens is 2. The molecule has 0 saturated heterocycles. The Morgan fingerprint density at radius 2 is 1.77 bits per heavy atom. The maximum absolute atomic E-state index is 12.4. The molecular weight excluding hydrogens is 484 g/mol. The minimum absolute atomic E-state index is 0.0170. The average Bonchev–Trinajstić information content (AvgIpc) is 2.73. The smallest absolute Gasteiger partial charge is 0.264 e. The first kappa shape index (κ1) is 22.7. The lowest BCUT2D eigenvalue weighted by molar-refractivity contribution is -0.118. The highest BCUT2D eigenvalue weighted by atomic mass is 79.9. The third-order valence-corrected chi connectivity index (χ3v) is 6.18. The molecule has 0 aliphatic heterocycles. The molecule has 2 aromatic carbocycles. The topological polar surface area (TPSA) is 110 Å². The van der Waals surface area contributed by atoms with Crippen molar-refractivity contribution in [3.8, 4) is 5.75 Å². The standard InChI is InChI=1S/C21H21BrN4O4S/c1-14(2)15-4-9-19(18(22)12-15)30-13-20(27)25-16-5-7-17(8-6-16)31(28,29)26-21-23-10-3-11-24-21/h3-12,14H,13H2,1-2H3,(H,25,27)(H,23,24,26). The van der Waals surface area contributed by atoms with Crippen LogP contribution in [0.4, 0.5) is 11.6 Å². The van der Waals surface area contributed by atoms with E-state index in [1.165, 1.54) is 36.7 Å². The molecule has 8 nitrogen and oxygen atoms in total. The van der Waals surface area contributed by atoms with Crippen molar-refractivity contribution in [2.75, 3.05) is 16.6 Å². The highest BCUT2D eigenvalue weighted by molar-refractivity contribution is 9.10. The second-order valence-corrected chi connectivity index (χ2v) is 9.42. The summed E-state index contributed by atoms with van der Waals surface area (Å²) in [7, 11) is -3.84. The Balaban J connectivity index is 1.57. The third-order valence-electron chi connectivity index (χ3n) is 4.22. The lowest BCUT2D eigenvalue weighted by Crippen LogP contribution is -2.20. The molecular formula is C21H21BrN4O4S. The number of carbonyl (C=O) groups excluding carboxylic acids is 1. The summed E-state index contributed by atoms with van der Waals surface area (Å²) in [4.78, 5) is 19.9. The summed E-state index contributed by atoms with van der Waals surface area (Å²) >= 11 is 3.45. The highest BCUT2D eigenvalue weighted by Gasteiger charge is 2.16. The molecule has 10 heteroatoms. The van der Waals surface area contributed by atoms with E-state index in [0.29, 0.717) is 17.4 Å². The number of sulfonamides is 1.